The number of halogens is 3. The quantitative estimate of drug-likeness (QED) is 0.929. The molecule has 1 N–H and O–H groups in total. The first-order valence-electron chi connectivity index (χ1n) is 5.07. The third-order valence-electron chi connectivity index (χ3n) is 2.30. The number of para-hydroxylation sites is 1. The summed E-state index contributed by atoms with van der Waals surface area (Å²) in [6, 6.07) is 5.28. The van der Waals surface area contributed by atoms with Gasteiger partial charge in [0.1, 0.15) is 5.84 Å². The van der Waals surface area contributed by atoms with Crippen LogP contribution in [0.15, 0.2) is 23.2 Å². The summed E-state index contributed by atoms with van der Waals surface area (Å²) < 4.78 is 5.70. The van der Waals surface area contributed by atoms with Crippen LogP contribution in [0.3, 0.4) is 0 Å². The molecule has 0 fully saturated rings. The fourth-order valence-corrected chi connectivity index (χ4v) is 2.00. The zero-order valence-electron chi connectivity index (χ0n) is 9.24. The predicted molar refractivity (Wildman–Crippen MR) is 74.1 cm³/mol. The minimum absolute atomic E-state index is 0. The van der Waals surface area contributed by atoms with E-state index in [1.54, 1.807) is 18.2 Å². The molecule has 0 saturated carbocycles. The molecule has 1 heterocycles. The van der Waals surface area contributed by atoms with Crippen molar-refractivity contribution in [2.45, 2.75) is 13.0 Å². The van der Waals surface area contributed by atoms with Crippen LogP contribution in [0.2, 0.25) is 10.0 Å². The Labute approximate surface area is 117 Å². The third-order valence-corrected chi connectivity index (χ3v) is 2.89. The van der Waals surface area contributed by atoms with Crippen molar-refractivity contribution in [2.75, 3.05) is 13.1 Å². The number of rotatable bonds is 3. The highest BCUT2D eigenvalue weighted by atomic mass is 35.5. The van der Waals surface area contributed by atoms with Gasteiger partial charge in [0.25, 0.3) is 0 Å². The van der Waals surface area contributed by atoms with Crippen LogP contribution in [-0.4, -0.2) is 25.0 Å². The van der Waals surface area contributed by atoms with Crippen LogP contribution >= 0.6 is 35.6 Å². The van der Waals surface area contributed by atoms with Gasteiger partial charge >= 0.3 is 0 Å². The van der Waals surface area contributed by atoms with Crippen molar-refractivity contribution in [1.29, 1.82) is 0 Å². The average molecular weight is 296 g/mol. The summed E-state index contributed by atoms with van der Waals surface area (Å²) in [5, 5.41) is 4.18. The Hall–Kier alpha value is -0.640. The van der Waals surface area contributed by atoms with E-state index < -0.39 is 0 Å². The van der Waals surface area contributed by atoms with Gasteiger partial charge in [-0.05, 0) is 19.1 Å². The van der Waals surface area contributed by atoms with E-state index in [0.29, 0.717) is 15.8 Å². The number of hydrogen-bond acceptors (Lipinski definition) is 3. The average Bonchev–Trinajstić information content (AvgIpc) is 2.76. The lowest BCUT2D eigenvalue weighted by Crippen LogP contribution is -2.33. The molecule has 1 aliphatic heterocycles. The fraction of sp³-hybridized carbons (Fsp3) is 0.364. The Bertz CT molecular complexity index is 403. The van der Waals surface area contributed by atoms with Crippen LogP contribution in [-0.2, 0) is 0 Å². The molecule has 0 saturated heterocycles. The van der Waals surface area contributed by atoms with Crippen LogP contribution in [0.25, 0.3) is 0 Å². The number of aliphatic imine (C=N–C) groups is 1. The molecule has 1 atom stereocenters. The minimum Gasteiger partial charge on any atom is -0.480 e. The van der Waals surface area contributed by atoms with Crippen molar-refractivity contribution >= 4 is 41.4 Å². The Morgan fingerprint density at radius 1 is 1.35 bits per heavy atom. The van der Waals surface area contributed by atoms with E-state index in [1.165, 1.54) is 0 Å². The molecule has 0 amide bonds. The number of amidine groups is 1. The molecule has 0 bridgehead atoms. The molecule has 0 unspecified atom stereocenters. The second kappa shape index (κ2) is 6.34. The lowest BCUT2D eigenvalue weighted by molar-refractivity contribution is 0.284. The van der Waals surface area contributed by atoms with E-state index in [2.05, 4.69) is 10.3 Å². The van der Waals surface area contributed by atoms with Gasteiger partial charge in [-0.15, -0.1) is 12.4 Å². The second-order valence-electron chi connectivity index (χ2n) is 3.50. The van der Waals surface area contributed by atoms with E-state index in [0.717, 1.165) is 18.9 Å². The fourth-order valence-electron chi connectivity index (χ4n) is 1.52. The van der Waals surface area contributed by atoms with Crippen LogP contribution in [0, 0.1) is 0 Å². The summed E-state index contributed by atoms with van der Waals surface area (Å²) in [7, 11) is 0. The van der Waals surface area contributed by atoms with Crippen molar-refractivity contribution in [3.05, 3.63) is 28.2 Å². The number of hydrogen-bond donors (Lipinski definition) is 1. The molecule has 17 heavy (non-hydrogen) atoms. The van der Waals surface area contributed by atoms with Crippen LogP contribution in [0.1, 0.15) is 6.92 Å². The monoisotopic (exact) mass is 294 g/mol. The Balaban J connectivity index is 0.00000144. The van der Waals surface area contributed by atoms with E-state index in [1.807, 2.05) is 6.92 Å². The van der Waals surface area contributed by atoms with Gasteiger partial charge in [-0.2, -0.15) is 0 Å². The summed E-state index contributed by atoms with van der Waals surface area (Å²) in [5.74, 6) is 1.35. The zero-order valence-corrected chi connectivity index (χ0v) is 11.6. The van der Waals surface area contributed by atoms with Gasteiger partial charge in [0, 0.05) is 6.54 Å². The van der Waals surface area contributed by atoms with E-state index in [9.17, 15) is 0 Å². The van der Waals surface area contributed by atoms with Crippen LogP contribution in [0.4, 0.5) is 0 Å². The third kappa shape index (κ3) is 3.41. The topological polar surface area (TPSA) is 33.6 Å². The molecule has 0 aromatic heterocycles. The highest BCUT2D eigenvalue weighted by Crippen LogP contribution is 2.33. The lowest BCUT2D eigenvalue weighted by atomic mass is 10.3. The Kier molecular flexibility index (Phi) is 5.37. The van der Waals surface area contributed by atoms with Crippen molar-refractivity contribution in [3.63, 3.8) is 0 Å². The molecule has 0 radical (unpaired) electrons. The van der Waals surface area contributed by atoms with E-state index in [-0.39, 0.29) is 18.5 Å². The first kappa shape index (κ1) is 14.4. The molecule has 3 nitrogen and oxygen atoms in total. The first-order valence-corrected chi connectivity index (χ1v) is 5.83. The standard InChI is InChI=1S/C11H12Cl2N2O.ClH/c1-7(11-14-5-6-15-11)16-10-8(12)3-2-4-9(10)13;/h2-4,7H,5-6H2,1H3,(H,14,15);1H/t7-;/m0./s1. The molecule has 1 aromatic rings. The minimum atomic E-state index is -0.167. The van der Waals surface area contributed by atoms with Gasteiger partial charge in [0.05, 0.1) is 16.6 Å². The maximum atomic E-state index is 6.01. The molecule has 0 aliphatic carbocycles. The largest absolute Gasteiger partial charge is 0.480 e. The van der Waals surface area contributed by atoms with Gasteiger partial charge in [0.2, 0.25) is 0 Å². The first-order chi connectivity index (χ1) is 7.68. The molecule has 0 spiro atoms. The normalized spacial score (nSPS) is 15.6. The van der Waals surface area contributed by atoms with Gasteiger partial charge in [-0.1, -0.05) is 29.3 Å². The number of ether oxygens (including phenoxy) is 1. The molecule has 1 aliphatic rings. The van der Waals surface area contributed by atoms with E-state index >= 15 is 0 Å². The molecule has 94 valence electrons. The maximum absolute atomic E-state index is 6.01. The van der Waals surface area contributed by atoms with Crippen molar-refractivity contribution in [1.82, 2.24) is 5.32 Å². The highest BCUT2D eigenvalue weighted by Gasteiger charge is 2.17. The van der Waals surface area contributed by atoms with Crippen molar-refractivity contribution in [3.8, 4) is 5.75 Å². The van der Waals surface area contributed by atoms with Gasteiger partial charge < -0.3 is 10.1 Å². The summed E-state index contributed by atoms with van der Waals surface area (Å²) in [4.78, 5) is 4.29. The van der Waals surface area contributed by atoms with Gasteiger partial charge in [-0.3, -0.25) is 4.99 Å². The summed E-state index contributed by atoms with van der Waals surface area (Å²) in [6.45, 7) is 3.56. The highest BCUT2D eigenvalue weighted by molar-refractivity contribution is 6.37. The molecule has 2 rings (SSSR count). The molecular weight excluding hydrogens is 282 g/mol. The summed E-state index contributed by atoms with van der Waals surface area (Å²) in [5.41, 5.74) is 0. The Morgan fingerprint density at radius 3 is 2.53 bits per heavy atom. The SMILES string of the molecule is C[C@H](Oc1c(Cl)cccc1Cl)C1=NCCN1.Cl. The van der Waals surface area contributed by atoms with Crippen molar-refractivity contribution < 1.29 is 4.74 Å². The summed E-state index contributed by atoms with van der Waals surface area (Å²) in [6.07, 6.45) is -0.167. The van der Waals surface area contributed by atoms with Crippen LogP contribution < -0.4 is 10.1 Å². The predicted octanol–water partition coefficient (Wildman–Crippen LogP) is 3.18. The Morgan fingerprint density at radius 2 is 2.00 bits per heavy atom. The van der Waals surface area contributed by atoms with Crippen molar-refractivity contribution in [2.24, 2.45) is 4.99 Å². The van der Waals surface area contributed by atoms with Crippen LogP contribution in [0.5, 0.6) is 5.75 Å². The molecular formula is C11H13Cl3N2O. The number of nitrogens with one attached hydrogen (secondary N) is 1. The van der Waals surface area contributed by atoms with Gasteiger partial charge in [0.15, 0.2) is 11.9 Å². The zero-order chi connectivity index (χ0) is 11.5. The van der Waals surface area contributed by atoms with Gasteiger partial charge in [-0.25, -0.2) is 0 Å². The lowest BCUT2D eigenvalue weighted by Gasteiger charge is -2.16. The smallest absolute Gasteiger partial charge is 0.157 e. The molecule has 1 aromatic carbocycles. The van der Waals surface area contributed by atoms with E-state index in [4.69, 9.17) is 27.9 Å². The number of nitrogens with zero attached hydrogens (tertiary/aromatic N) is 1. The molecule has 6 heteroatoms. The number of benzene rings is 1. The summed E-state index contributed by atoms with van der Waals surface area (Å²) >= 11 is 12.0. The second-order valence-corrected chi connectivity index (χ2v) is 4.32. The maximum Gasteiger partial charge on any atom is 0.157 e.